The Balaban J connectivity index is 2.42. The van der Waals surface area contributed by atoms with Gasteiger partial charge in [-0.25, -0.2) is 19.1 Å². The van der Waals surface area contributed by atoms with Gasteiger partial charge in [-0.3, -0.25) is 10.1 Å². The molecule has 0 saturated carbocycles. The lowest BCUT2D eigenvalue weighted by Gasteiger charge is -2.04. The van der Waals surface area contributed by atoms with Crippen molar-refractivity contribution in [3.63, 3.8) is 0 Å². The Morgan fingerprint density at radius 2 is 2.00 bits per heavy atom. The predicted octanol–water partition coefficient (Wildman–Crippen LogP) is 3.71. The van der Waals surface area contributed by atoms with Crippen LogP contribution in [-0.4, -0.2) is 39.1 Å². The third-order valence-electron chi connectivity index (χ3n) is 2.93. The molecule has 2 rings (SSSR count). The molecule has 0 amide bonds. The molecule has 132 valence electrons. The minimum atomic E-state index is -0.710. The minimum Gasteiger partial charge on any atom is -0.458 e. The highest BCUT2D eigenvalue weighted by atomic mass is 32.2. The summed E-state index contributed by atoms with van der Waals surface area (Å²) in [5.41, 5.74) is 0.620. The van der Waals surface area contributed by atoms with Crippen LogP contribution in [0.5, 0.6) is 0 Å². The first-order valence-corrected chi connectivity index (χ1v) is 8.13. The van der Waals surface area contributed by atoms with E-state index in [9.17, 15) is 19.7 Å². The van der Waals surface area contributed by atoms with Crippen LogP contribution in [0.2, 0.25) is 0 Å². The lowest BCUT2D eigenvalue weighted by Crippen LogP contribution is -2.14. The monoisotopic (exact) mass is 365 g/mol. The molecule has 0 spiro atoms. The van der Waals surface area contributed by atoms with Crippen molar-refractivity contribution in [2.45, 2.75) is 19.0 Å². The highest BCUT2D eigenvalue weighted by Crippen LogP contribution is 2.27. The fourth-order valence-corrected chi connectivity index (χ4v) is 2.59. The Bertz CT molecular complexity index is 804. The van der Waals surface area contributed by atoms with E-state index in [2.05, 4.69) is 4.98 Å². The van der Waals surface area contributed by atoms with Gasteiger partial charge in [0, 0.05) is 35.7 Å². The average Bonchev–Trinajstić information content (AvgIpc) is 2.99. The summed E-state index contributed by atoms with van der Waals surface area (Å²) in [5.74, 6) is 0. The SMILES string of the molecule is CCOC(=O)Sc1nc(-c2cccc([N+](=O)[O-])c2)cn1C(=O)OCC. The molecule has 0 atom stereocenters. The summed E-state index contributed by atoms with van der Waals surface area (Å²) in [6.45, 7) is 3.63. The number of aromatic nitrogens is 2. The van der Waals surface area contributed by atoms with Crippen molar-refractivity contribution in [3.8, 4) is 11.3 Å². The van der Waals surface area contributed by atoms with Crippen molar-refractivity contribution in [2.24, 2.45) is 0 Å². The summed E-state index contributed by atoms with van der Waals surface area (Å²) in [6, 6.07) is 5.80. The fourth-order valence-electron chi connectivity index (χ4n) is 1.90. The normalized spacial score (nSPS) is 10.3. The molecule has 9 nitrogen and oxygen atoms in total. The van der Waals surface area contributed by atoms with E-state index < -0.39 is 16.3 Å². The van der Waals surface area contributed by atoms with Gasteiger partial charge in [-0.15, -0.1) is 0 Å². The molecular formula is C15H15N3O6S. The highest BCUT2D eigenvalue weighted by Gasteiger charge is 2.20. The molecule has 0 bridgehead atoms. The molecule has 0 N–H and O–H groups in total. The van der Waals surface area contributed by atoms with Crippen molar-refractivity contribution in [2.75, 3.05) is 13.2 Å². The van der Waals surface area contributed by atoms with E-state index in [0.717, 1.165) is 4.57 Å². The molecule has 0 aliphatic rings. The van der Waals surface area contributed by atoms with Gasteiger partial charge in [0.25, 0.3) is 5.69 Å². The number of carbonyl (C=O) groups excluding carboxylic acids is 2. The van der Waals surface area contributed by atoms with Crippen LogP contribution < -0.4 is 0 Å². The van der Waals surface area contributed by atoms with Gasteiger partial charge in [0.15, 0.2) is 5.16 Å². The van der Waals surface area contributed by atoms with Crippen molar-refractivity contribution >= 4 is 28.8 Å². The van der Waals surface area contributed by atoms with Crippen LogP contribution in [0.3, 0.4) is 0 Å². The van der Waals surface area contributed by atoms with Crippen LogP contribution in [0, 0.1) is 10.1 Å². The van der Waals surface area contributed by atoms with Crippen LogP contribution in [0.15, 0.2) is 35.6 Å². The smallest absolute Gasteiger partial charge is 0.420 e. The van der Waals surface area contributed by atoms with Crippen molar-refractivity contribution < 1.29 is 24.0 Å². The number of imidazole rings is 1. The van der Waals surface area contributed by atoms with E-state index in [0.29, 0.717) is 23.0 Å². The Labute approximate surface area is 147 Å². The van der Waals surface area contributed by atoms with Crippen LogP contribution in [-0.2, 0) is 9.47 Å². The Morgan fingerprint density at radius 1 is 1.28 bits per heavy atom. The summed E-state index contributed by atoms with van der Waals surface area (Å²) in [4.78, 5) is 38.3. The second-order valence-corrected chi connectivity index (χ2v) is 5.47. The minimum absolute atomic E-state index is 0.0541. The van der Waals surface area contributed by atoms with Crippen LogP contribution in [0.4, 0.5) is 15.3 Å². The van der Waals surface area contributed by atoms with Crippen molar-refractivity contribution in [1.82, 2.24) is 9.55 Å². The summed E-state index contributed by atoms with van der Waals surface area (Å²) < 4.78 is 10.8. The maximum absolute atomic E-state index is 12.1. The van der Waals surface area contributed by atoms with E-state index in [1.807, 2.05) is 0 Å². The van der Waals surface area contributed by atoms with Crippen molar-refractivity contribution in [3.05, 3.63) is 40.6 Å². The highest BCUT2D eigenvalue weighted by molar-refractivity contribution is 8.13. The number of carbonyl (C=O) groups is 2. The molecule has 0 aliphatic heterocycles. The maximum atomic E-state index is 12.1. The number of nitro benzene ring substituents is 1. The molecule has 0 aliphatic carbocycles. The first kappa shape index (κ1) is 18.5. The standard InChI is InChI=1S/C15H15N3O6S/c1-3-23-14(19)17-9-12(16-13(17)25-15(20)24-4-2)10-6-5-7-11(8-10)18(21)22/h5-9H,3-4H2,1-2H3. The number of nitro groups is 1. The van der Waals surface area contributed by atoms with Gasteiger partial charge in [0.1, 0.15) is 0 Å². The van der Waals surface area contributed by atoms with Crippen LogP contribution in [0.25, 0.3) is 11.3 Å². The number of rotatable bonds is 5. The van der Waals surface area contributed by atoms with Crippen molar-refractivity contribution in [1.29, 1.82) is 0 Å². The summed E-state index contributed by atoms with van der Waals surface area (Å²) in [5, 5.41) is 10.3. The second kappa shape index (κ2) is 8.29. The number of benzene rings is 1. The molecule has 0 saturated heterocycles. The van der Waals surface area contributed by atoms with Gasteiger partial charge < -0.3 is 9.47 Å². The Hall–Kier alpha value is -2.88. The zero-order chi connectivity index (χ0) is 18.4. The van der Waals surface area contributed by atoms with Crippen LogP contribution >= 0.6 is 11.8 Å². The zero-order valence-corrected chi connectivity index (χ0v) is 14.3. The number of thioether (sulfide) groups is 1. The number of non-ortho nitro benzene ring substituents is 1. The molecule has 1 aromatic heterocycles. The molecule has 0 fully saturated rings. The summed E-state index contributed by atoms with van der Waals surface area (Å²) in [6.07, 6.45) is 0.650. The Kier molecular flexibility index (Phi) is 6.12. The van der Waals surface area contributed by atoms with Gasteiger partial charge in [-0.2, -0.15) is 0 Å². The number of ether oxygens (including phenoxy) is 2. The van der Waals surface area contributed by atoms with Crippen LogP contribution in [0.1, 0.15) is 13.8 Å². The summed E-state index contributed by atoms with van der Waals surface area (Å²) in [7, 11) is 0. The third kappa shape index (κ3) is 4.57. The van der Waals surface area contributed by atoms with Gasteiger partial charge in [-0.05, 0) is 13.8 Å². The van der Waals surface area contributed by atoms with E-state index in [4.69, 9.17) is 9.47 Å². The molecular weight excluding hydrogens is 350 g/mol. The lowest BCUT2D eigenvalue weighted by molar-refractivity contribution is -0.384. The maximum Gasteiger partial charge on any atom is 0.420 e. The quantitative estimate of drug-likeness (QED) is 0.341. The first-order valence-electron chi connectivity index (χ1n) is 7.32. The summed E-state index contributed by atoms with van der Waals surface area (Å²) >= 11 is 0.631. The van der Waals surface area contributed by atoms with E-state index >= 15 is 0 Å². The number of hydrogen-bond acceptors (Lipinski definition) is 8. The van der Waals surface area contributed by atoms with Gasteiger partial charge in [0.2, 0.25) is 0 Å². The molecule has 0 radical (unpaired) electrons. The molecule has 25 heavy (non-hydrogen) atoms. The fraction of sp³-hybridized carbons (Fsp3) is 0.267. The largest absolute Gasteiger partial charge is 0.458 e. The average molecular weight is 365 g/mol. The number of nitrogens with zero attached hydrogens (tertiary/aromatic N) is 3. The predicted molar refractivity (Wildman–Crippen MR) is 89.6 cm³/mol. The number of hydrogen-bond donors (Lipinski definition) is 0. The first-order chi connectivity index (χ1) is 12.0. The van der Waals surface area contributed by atoms with E-state index in [1.165, 1.54) is 24.4 Å². The third-order valence-corrected chi connectivity index (χ3v) is 3.68. The topological polar surface area (TPSA) is 114 Å². The van der Waals surface area contributed by atoms with Gasteiger partial charge in [0.05, 0.1) is 23.8 Å². The molecule has 2 aromatic rings. The molecule has 1 aromatic carbocycles. The van der Waals surface area contributed by atoms with E-state index in [-0.39, 0.29) is 24.1 Å². The molecule has 1 heterocycles. The molecule has 10 heteroatoms. The van der Waals surface area contributed by atoms with Gasteiger partial charge in [-0.1, -0.05) is 12.1 Å². The Morgan fingerprint density at radius 3 is 2.64 bits per heavy atom. The van der Waals surface area contributed by atoms with E-state index in [1.54, 1.807) is 19.9 Å². The van der Waals surface area contributed by atoms with Gasteiger partial charge >= 0.3 is 11.4 Å². The second-order valence-electron chi connectivity index (χ2n) is 4.57. The zero-order valence-electron chi connectivity index (χ0n) is 13.5. The lowest BCUT2D eigenvalue weighted by atomic mass is 10.1. The molecule has 0 unspecified atom stereocenters.